The van der Waals surface area contributed by atoms with Gasteiger partial charge in [-0.05, 0) is 54.0 Å². The van der Waals surface area contributed by atoms with E-state index in [1.807, 2.05) is 46.4 Å². The minimum absolute atomic E-state index is 0.0400. The van der Waals surface area contributed by atoms with Crippen LogP contribution in [0.5, 0.6) is 0 Å². The summed E-state index contributed by atoms with van der Waals surface area (Å²) in [6.45, 7) is 12.8. The van der Waals surface area contributed by atoms with Gasteiger partial charge in [0, 0.05) is 30.9 Å². The van der Waals surface area contributed by atoms with E-state index in [9.17, 15) is 4.79 Å². The maximum absolute atomic E-state index is 12.7. The Kier molecular flexibility index (Phi) is 5.82. The van der Waals surface area contributed by atoms with Gasteiger partial charge in [-0.2, -0.15) is 0 Å². The predicted octanol–water partition coefficient (Wildman–Crippen LogP) is 2.19. The van der Waals surface area contributed by atoms with E-state index in [1.165, 1.54) is 0 Å². The maximum atomic E-state index is 12.7. The molecule has 9 heteroatoms. The molecular formula is C18H30N6O3. The predicted molar refractivity (Wildman–Crippen MR) is 103 cm³/mol. The highest BCUT2D eigenvalue weighted by atomic mass is 16.6. The first-order valence-corrected chi connectivity index (χ1v) is 9.03. The third kappa shape index (κ3) is 4.99. The van der Waals surface area contributed by atoms with Crippen molar-refractivity contribution < 1.29 is 14.7 Å². The van der Waals surface area contributed by atoms with Crippen molar-refractivity contribution >= 4 is 17.9 Å². The number of aromatic nitrogens is 2. The summed E-state index contributed by atoms with van der Waals surface area (Å²) in [5.41, 5.74) is 5.06. The second-order valence-corrected chi connectivity index (χ2v) is 8.42. The Morgan fingerprint density at radius 3 is 2.70 bits per heavy atom. The zero-order valence-electron chi connectivity index (χ0n) is 16.9. The van der Waals surface area contributed by atoms with Crippen LogP contribution in [0.1, 0.15) is 53.7 Å². The van der Waals surface area contributed by atoms with Crippen molar-refractivity contribution in [3.63, 3.8) is 0 Å². The fraction of sp³-hybridized carbons (Fsp3) is 0.667. The molecule has 0 radical (unpaired) electrons. The lowest BCUT2D eigenvalue weighted by atomic mass is 9.99. The number of ether oxygens (including phenoxy) is 1. The summed E-state index contributed by atoms with van der Waals surface area (Å²) in [6, 6.07) is 1.54. The Bertz CT molecular complexity index is 713. The van der Waals surface area contributed by atoms with Gasteiger partial charge in [0.1, 0.15) is 11.3 Å². The lowest BCUT2D eigenvalue weighted by Crippen LogP contribution is -2.51. The van der Waals surface area contributed by atoms with Crippen LogP contribution < -0.4 is 10.6 Å². The minimum atomic E-state index is -0.555. The summed E-state index contributed by atoms with van der Waals surface area (Å²) < 4.78 is 5.60. The molecule has 27 heavy (non-hydrogen) atoms. The molecule has 1 aliphatic rings. The fourth-order valence-electron chi connectivity index (χ4n) is 2.98. The first-order valence-electron chi connectivity index (χ1n) is 9.03. The molecular weight excluding hydrogens is 348 g/mol. The number of nitrogens with two attached hydrogens (primary N) is 1. The van der Waals surface area contributed by atoms with E-state index < -0.39 is 5.60 Å². The van der Waals surface area contributed by atoms with Crippen LogP contribution in [0.25, 0.3) is 0 Å². The van der Waals surface area contributed by atoms with E-state index in [0.29, 0.717) is 31.2 Å². The van der Waals surface area contributed by atoms with Gasteiger partial charge < -0.3 is 25.5 Å². The van der Waals surface area contributed by atoms with E-state index >= 15 is 0 Å². The molecule has 150 valence electrons. The number of hydrogen-bond acceptors (Lipinski definition) is 7. The molecule has 1 atom stereocenters. The quantitative estimate of drug-likeness (QED) is 0.350. The average Bonchev–Trinajstić information content (AvgIpc) is 2.68. The lowest BCUT2D eigenvalue weighted by molar-refractivity contribution is 0.00353. The molecule has 0 bridgehead atoms. The molecule has 3 N–H and O–H groups in total. The zero-order valence-corrected chi connectivity index (χ0v) is 16.9. The van der Waals surface area contributed by atoms with Crippen LogP contribution in [0.15, 0.2) is 17.4 Å². The summed E-state index contributed by atoms with van der Waals surface area (Å²) in [5.74, 6) is 0.408. The van der Waals surface area contributed by atoms with Crippen LogP contribution in [0, 0.1) is 0 Å². The molecule has 0 spiro atoms. The molecule has 1 fully saturated rings. The molecule has 0 aromatic carbocycles. The molecule has 2 rings (SSSR count). The summed E-state index contributed by atoms with van der Waals surface area (Å²) in [6.07, 6.45) is 1.96. The number of anilines is 1. The van der Waals surface area contributed by atoms with E-state index in [0.717, 1.165) is 0 Å². The molecule has 1 aromatic rings. The van der Waals surface area contributed by atoms with Gasteiger partial charge in [-0.3, -0.25) is 0 Å². The smallest absolute Gasteiger partial charge is 0.410 e. The highest BCUT2D eigenvalue weighted by Gasteiger charge is 2.39. The number of amides is 1. The highest BCUT2D eigenvalue weighted by Crippen LogP contribution is 2.28. The van der Waals surface area contributed by atoms with Crippen molar-refractivity contribution in [3.8, 4) is 0 Å². The molecule has 1 saturated heterocycles. The van der Waals surface area contributed by atoms with E-state index in [4.69, 9.17) is 15.7 Å². The SMILES string of the molecule is C[C@H]1CN(C(=O)OC(C)(C)C)C(C)(C)CCN1c1nccc(/C(N)=N/O)n1. The summed E-state index contributed by atoms with van der Waals surface area (Å²) >= 11 is 0. The van der Waals surface area contributed by atoms with Crippen LogP contribution in [0.2, 0.25) is 0 Å². The van der Waals surface area contributed by atoms with Gasteiger partial charge in [-0.15, -0.1) is 0 Å². The normalized spacial score (nSPS) is 21.0. The van der Waals surface area contributed by atoms with E-state index in [-0.39, 0.29) is 23.5 Å². The number of amidine groups is 1. The monoisotopic (exact) mass is 378 g/mol. The Morgan fingerprint density at radius 1 is 1.44 bits per heavy atom. The molecule has 1 amide bonds. The van der Waals surface area contributed by atoms with Crippen molar-refractivity contribution in [3.05, 3.63) is 18.0 Å². The second-order valence-electron chi connectivity index (χ2n) is 8.42. The zero-order chi connectivity index (χ0) is 20.4. The van der Waals surface area contributed by atoms with Crippen LogP contribution in [-0.2, 0) is 4.74 Å². The average molecular weight is 378 g/mol. The maximum Gasteiger partial charge on any atom is 0.410 e. The first kappa shape index (κ1) is 20.7. The van der Waals surface area contributed by atoms with Gasteiger partial charge in [0.25, 0.3) is 0 Å². The third-order valence-corrected chi connectivity index (χ3v) is 4.56. The molecule has 0 saturated carbocycles. The summed E-state index contributed by atoms with van der Waals surface area (Å²) in [4.78, 5) is 25.3. The first-order chi connectivity index (χ1) is 12.4. The molecule has 1 aromatic heterocycles. The third-order valence-electron chi connectivity index (χ3n) is 4.56. The van der Waals surface area contributed by atoms with Crippen molar-refractivity contribution in [2.45, 2.75) is 65.1 Å². The largest absolute Gasteiger partial charge is 0.444 e. The second kappa shape index (κ2) is 7.58. The van der Waals surface area contributed by atoms with Crippen LogP contribution >= 0.6 is 0 Å². The van der Waals surface area contributed by atoms with Crippen LogP contribution in [0.3, 0.4) is 0 Å². The summed E-state index contributed by atoms with van der Waals surface area (Å²) in [7, 11) is 0. The number of hydrogen-bond donors (Lipinski definition) is 2. The number of rotatable bonds is 2. The molecule has 0 aliphatic carbocycles. The Morgan fingerprint density at radius 2 is 2.11 bits per heavy atom. The van der Waals surface area contributed by atoms with E-state index in [2.05, 4.69) is 15.1 Å². The number of carbonyl (C=O) groups is 1. The van der Waals surface area contributed by atoms with Gasteiger partial charge >= 0.3 is 6.09 Å². The fourth-order valence-corrected chi connectivity index (χ4v) is 2.98. The standard InChI is InChI=1S/C18H30N6O3/c1-12-11-24(16(25)27-17(2,3)4)18(5,6)8-10-23(12)15-20-9-7-13(21-15)14(19)22-26/h7,9,12,26H,8,10-11H2,1-6H3,(H2,19,22)/t12-/m0/s1. The highest BCUT2D eigenvalue weighted by molar-refractivity contribution is 5.95. The number of carbonyl (C=O) groups excluding carboxylic acids is 1. The number of nitrogens with zero attached hydrogens (tertiary/aromatic N) is 5. The van der Waals surface area contributed by atoms with Crippen LogP contribution in [0.4, 0.5) is 10.7 Å². The van der Waals surface area contributed by atoms with E-state index in [1.54, 1.807) is 17.2 Å². The Labute approximate surface area is 160 Å². The van der Waals surface area contributed by atoms with Crippen molar-refractivity contribution in [1.82, 2.24) is 14.9 Å². The van der Waals surface area contributed by atoms with Crippen molar-refractivity contribution in [2.24, 2.45) is 10.9 Å². The van der Waals surface area contributed by atoms with Crippen LogP contribution in [-0.4, -0.2) is 62.3 Å². The minimum Gasteiger partial charge on any atom is -0.444 e. The van der Waals surface area contributed by atoms with Gasteiger partial charge in [-0.1, -0.05) is 5.16 Å². The lowest BCUT2D eigenvalue weighted by Gasteiger charge is -2.38. The van der Waals surface area contributed by atoms with Crippen molar-refractivity contribution in [1.29, 1.82) is 0 Å². The topological polar surface area (TPSA) is 117 Å². The summed E-state index contributed by atoms with van der Waals surface area (Å²) in [5, 5.41) is 11.9. The Balaban J connectivity index is 2.28. The van der Waals surface area contributed by atoms with Gasteiger partial charge in [0.15, 0.2) is 5.84 Å². The Hall–Kier alpha value is -2.58. The van der Waals surface area contributed by atoms with Gasteiger partial charge in [-0.25, -0.2) is 14.8 Å². The number of oxime groups is 1. The molecule has 0 unspecified atom stereocenters. The van der Waals surface area contributed by atoms with Gasteiger partial charge in [0.05, 0.1) is 0 Å². The molecule has 2 heterocycles. The van der Waals surface area contributed by atoms with Crippen molar-refractivity contribution in [2.75, 3.05) is 18.0 Å². The molecule has 9 nitrogen and oxygen atoms in total. The molecule has 1 aliphatic heterocycles. The van der Waals surface area contributed by atoms with Gasteiger partial charge in [0.2, 0.25) is 5.95 Å².